The van der Waals surface area contributed by atoms with E-state index in [1.165, 1.54) is 0 Å². The Morgan fingerprint density at radius 3 is 2.65 bits per heavy atom. The minimum absolute atomic E-state index is 0.0162. The quantitative estimate of drug-likeness (QED) is 0.501. The number of nitrogens with two attached hydrogens (primary N) is 1. The van der Waals surface area contributed by atoms with Gasteiger partial charge in [-0.15, -0.1) is 0 Å². The number of hydrogen-bond acceptors (Lipinski definition) is 4. The van der Waals surface area contributed by atoms with E-state index in [9.17, 15) is 9.59 Å². The van der Waals surface area contributed by atoms with Crippen LogP contribution in [0.15, 0.2) is 36.1 Å². The van der Waals surface area contributed by atoms with Gasteiger partial charge in [0.05, 0.1) is 17.3 Å². The molecule has 0 saturated heterocycles. The summed E-state index contributed by atoms with van der Waals surface area (Å²) in [5.74, 6) is -0.0485. The van der Waals surface area contributed by atoms with Crippen molar-refractivity contribution in [1.29, 1.82) is 5.41 Å². The van der Waals surface area contributed by atoms with Crippen LogP contribution in [-0.4, -0.2) is 29.1 Å². The first-order chi connectivity index (χ1) is 12.4. The maximum atomic E-state index is 12.1. The van der Waals surface area contributed by atoms with E-state index in [0.29, 0.717) is 25.0 Å². The van der Waals surface area contributed by atoms with Gasteiger partial charge in [0.15, 0.2) is 0 Å². The first-order valence-electron chi connectivity index (χ1n) is 9.39. The molecule has 6 nitrogen and oxygen atoms in total. The molecule has 2 rings (SSSR count). The maximum Gasteiger partial charge on any atom is 0.224 e. The van der Waals surface area contributed by atoms with Gasteiger partial charge in [0.1, 0.15) is 0 Å². The number of carbonyl (C=O) groups is 2. The predicted octanol–water partition coefficient (Wildman–Crippen LogP) is 2.47. The SMILES string of the molecule is CC1(N)CC=CC=C1NC(=O)CCCCCC(=O)NC1CCC=CC1=N. The average molecular weight is 358 g/mol. The fourth-order valence-electron chi connectivity index (χ4n) is 3.08. The lowest BCUT2D eigenvalue weighted by Gasteiger charge is -2.29. The second kappa shape index (κ2) is 9.48. The average Bonchev–Trinajstić information content (AvgIpc) is 2.58. The van der Waals surface area contributed by atoms with Crippen molar-refractivity contribution in [2.75, 3.05) is 0 Å². The molecule has 2 amide bonds. The van der Waals surface area contributed by atoms with Crippen LogP contribution in [0, 0.1) is 5.41 Å². The number of allylic oxidation sites excluding steroid dienone is 3. The van der Waals surface area contributed by atoms with Crippen LogP contribution in [0.25, 0.3) is 0 Å². The monoisotopic (exact) mass is 358 g/mol. The molecule has 142 valence electrons. The molecule has 2 aliphatic rings. The van der Waals surface area contributed by atoms with E-state index in [0.717, 1.165) is 37.8 Å². The van der Waals surface area contributed by atoms with E-state index in [1.807, 2.05) is 31.2 Å². The summed E-state index contributed by atoms with van der Waals surface area (Å²) < 4.78 is 0. The Labute approximate surface area is 155 Å². The molecule has 26 heavy (non-hydrogen) atoms. The fraction of sp³-hybridized carbons (Fsp3) is 0.550. The van der Waals surface area contributed by atoms with Crippen LogP contribution in [0.2, 0.25) is 0 Å². The van der Waals surface area contributed by atoms with Gasteiger partial charge in [-0.25, -0.2) is 0 Å². The smallest absolute Gasteiger partial charge is 0.224 e. The van der Waals surface area contributed by atoms with Gasteiger partial charge in [0.2, 0.25) is 11.8 Å². The van der Waals surface area contributed by atoms with E-state index in [1.54, 1.807) is 6.08 Å². The van der Waals surface area contributed by atoms with E-state index in [2.05, 4.69) is 10.6 Å². The van der Waals surface area contributed by atoms with E-state index < -0.39 is 5.54 Å². The van der Waals surface area contributed by atoms with Gasteiger partial charge in [0, 0.05) is 18.5 Å². The van der Waals surface area contributed by atoms with Crippen molar-refractivity contribution in [1.82, 2.24) is 10.6 Å². The van der Waals surface area contributed by atoms with Crippen molar-refractivity contribution in [3.05, 3.63) is 36.1 Å². The highest BCUT2D eigenvalue weighted by Gasteiger charge is 2.25. The number of amides is 2. The summed E-state index contributed by atoms with van der Waals surface area (Å²) in [5.41, 5.74) is 6.88. The molecular formula is C20H30N4O2. The Balaban J connectivity index is 1.58. The number of unbranched alkanes of at least 4 members (excludes halogenated alkanes) is 2. The molecule has 0 spiro atoms. The lowest BCUT2D eigenvalue weighted by molar-refractivity contribution is -0.121. The number of hydrogen-bond donors (Lipinski definition) is 4. The Bertz CT molecular complexity index is 632. The molecule has 0 aromatic heterocycles. The Kier molecular flexibility index (Phi) is 7.33. The van der Waals surface area contributed by atoms with E-state index in [-0.39, 0.29) is 17.9 Å². The molecule has 6 heteroatoms. The van der Waals surface area contributed by atoms with Crippen LogP contribution in [0.5, 0.6) is 0 Å². The first kappa shape index (κ1) is 20.1. The van der Waals surface area contributed by atoms with Crippen molar-refractivity contribution in [2.24, 2.45) is 5.73 Å². The molecule has 0 bridgehead atoms. The van der Waals surface area contributed by atoms with Gasteiger partial charge in [-0.1, -0.05) is 24.6 Å². The molecule has 2 aliphatic carbocycles. The van der Waals surface area contributed by atoms with Crippen LogP contribution < -0.4 is 16.4 Å². The summed E-state index contributed by atoms with van der Waals surface area (Å²) in [7, 11) is 0. The molecule has 0 aromatic rings. The van der Waals surface area contributed by atoms with Gasteiger partial charge in [0.25, 0.3) is 0 Å². The van der Waals surface area contributed by atoms with Gasteiger partial charge < -0.3 is 21.8 Å². The second-order valence-electron chi connectivity index (χ2n) is 7.29. The van der Waals surface area contributed by atoms with Gasteiger partial charge in [-0.2, -0.15) is 0 Å². The third kappa shape index (κ3) is 6.26. The van der Waals surface area contributed by atoms with Crippen LogP contribution in [0.3, 0.4) is 0 Å². The summed E-state index contributed by atoms with van der Waals surface area (Å²) >= 11 is 0. The number of nitrogens with one attached hydrogen (secondary N) is 3. The minimum atomic E-state index is -0.523. The molecule has 0 radical (unpaired) electrons. The normalized spacial score (nSPS) is 24.9. The number of rotatable bonds is 8. The third-order valence-electron chi connectivity index (χ3n) is 4.77. The van der Waals surface area contributed by atoms with Crippen molar-refractivity contribution in [3.63, 3.8) is 0 Å². The summed E-state index contributed by atoms with van der Waals surface area (Å²) in [4.78, 5) is 24.0. The summed E-state index contributed by atoms with van der Waals surface area (Å²) in [6.07, 6.45) is 15.1. The Morgan fingerprint density at radius 2 is 1.96 bits per heavy atom. The zero-order valence-electron chi connectivity index (χ0n) is 15.5. The fourth-order valence-corrected chi connectivity index (χ4v) is 3.08. The molecule has 2 atom stereocenters. The molecule has 0 aliphatic heterocycles. The molecule has 0 aromatic carbocycles. The Hall–Kier alpha value is -2.21. The van der Waals surface area contributed by atoms with Crippen molar-refractivity contribution >= 4 is 17.5 Å². The van der Waals surface area contributed by atoms with E-state index >= 15 is 0 Å². The van der Waals surface area contributed by atoms with E-state index in [4.69, 9.17) is 11.1 Å². The highest BCUT2D eigenvalue weighted by atomic mass is 16.2. The third-order valence-corrected chi connectivity index (χ3v) is 4.77. The molecule has 2 unspecified atom stereocenters. The lowest BCUT2D eigenvalue weighted by Crippen LogP contribution is -2.45. The molecule has 5 N–H and O–H groups in total. The lowest BCUT2D eigenvalue weighted by atomic mass is 9.90. The first-order valence-corrected chi connectivity index (χ1v) is 9.39. The number of carbonyl (C=O) groups excluding carboxylic acids is 2. The highest BCUT2D eigenvalue weighted by Crippen LogP contribution is 2.20. The highest BCUT2D eigenvalue weighted by molar-refractivity contribution is 5.99. The van der Waals surface area contributed by atoms with Crippen molar-refractivity contribution in [3.8, 4) is 0 Å². The molecular weight excluding hydrogens is 328 g/mol. The van der Waals surface area contributed by atoms with Crippen LogP contribution >= 0.6 is 0 Å². The minimum Gasteiger partial charge on any atom is -0.348 e. The van der Waals surface area contributed by atoms with Crippen LogP contribution in [-0.2, 0) is 9.59 Å². The topological polar surface area (TPSA) is 108 Å². The Morgan fingerprint density at radius 1 is 1.23 bits per heavy atom. The van der Waals surface area contributed by atoms with Gasteiger partial charge >= 0.3 is 0 Å². The largest absolute Gasteiger partial charge is 0.348 e. The summed E-state index contributed by atoms with van der Waals surface area (Å²) in [5, 5.41) is 13.6. The second-order valence-corrected chi connectivity index (χ2v) is 7.29. The van der Waals surface area contributed by atoms with Crippen molar-refractivity contribution < 1.29 is 9.59 Å². The zero-order chi connectivity index (χ0) is 19.0. The van der Waals surface area contributed by atoms with Crippen LogP contribution in [0.4, 0.5) is 0 Å². The maximum absolute atomic E-state index is 12.1. The standard InChI is InChI=1S/C20H30N4O2/c1-20(22)14-8-7-11-17(20)24-19(26)13-4-2-3-12-18(25)23-16-10-6-5-9-15(16)21/h5,7-9,11,16,21H,2-4,6,10,12-14,22H2,1H3,(H,23,25)(H,24,26). The van der Waals surface area contributed by atoms with Crippen LogP contribution in [0.1, 0.15) is 58.3 Å². The predicted molar refractivity (Wildman–Crippen MR) is 104 cm³/mol. The molecule has 0 fully saturated rings. The van der Waals surface area contributed by atoms with Crippen molar-refractivity contribution in [2.45, 2.75) is 69.9 Å². The summed E-state index contributed by atoms with van der Waals surface area (Å²) in [6.45, 7) is 1.91. The van der Waals surface area contributed by atoms with Gasteiger partial charge in [-0.05, 0) is 51.2 Å². The van der Waals surface area contributed by atoms with Gasteiger partial charge in [-0.3, -0.25) is 9.59 Å². The molecule has 0 saturated carbocycles. The molecule has 0 heterocycles. The zero-order valence-corrected chi connectivity index (χ0v) is 15.5. The summed E-state index contributed by atoms with van der Waals surface area (Å²) in [6, 6.07) is -0.151.